The average Bonchev–Trinajstić information content (AvgIpc) is 2.04. The third-order valence-corrected chi connectivity index (χ3v) is 2.32. The zero-order valence-electron chi connectivity index (χ0n) is 7.88. The highest BCUT2D eigenvalue weighted by atomic mass is 16.3. The molecule has 1 saturated carbocycles. The Labute approximate surface area is 69.8 Å². The van der Waals surface area contributed by atoms with Gasteiger partial charge in [-0.15, -0.1) is 0 Å². The quantitative estimate of drug-likeness (QED) is 0.563. The molecule has 0 radical (unpaired) electrons. The van der Waals surface area contributed by atoms with Crippen molar-refractivity contribution in [1.29, 1.82) is 0 Å². The maximum atomic E-state index is 9.27. The number of nitrogens with two attached hydrogens (primary N) is 1. The van der Waals surface area contributed by atoms with E-state index in [1.165, 1.54) is 0 Å². The normalized spacial score (nSPS) is 37.4. The van der Waals surface area contributed by atoms with Crippen LogP contribution in [-0.4, -0.2) is 17.3 Å². The third-order valence-electron chi connectivity index (χ3n) is 2.32. The number of hydrogen-bond donors (Lipinski definition) is 2. The molecule has 0 aromatic heterocycles. The van der Waals surface area contributed by atoms with Crippen molar-refractivity contribution < 1.29 is 5.11 Å². The summed E-state index contributed by atoms with van der Waals surface area (Å²) in [7, 11) is 0. The van der Waals surface area contributed by atoms with E-state index < -0.39 is 0 Å². The number of aliphatic hydroxyl groups excluding tert-OH is 1. The minimum atomic E-state index is -0.145. The van der Waals surface area contributed by atoms with E-state index >= 15 is 0 Å². The lowest BCUT2D eigenvalue weighted by atomic mass is 9.84. The van der Waals surface area contributed by atoms with Gasteiger partial charge in [0.1, 0.15) is 0 Å². The molecule has 1 fully saturated rings. The second-order valence-corrected chi connectivity index (χ2v) is 3.02. The van der Waals surface area contributed by atoms with Gasteiger partial charge in [0.25, 0.3) is 0 Å². The molecular weight excluding hydrogens is 138 g/mol. The first kappa shape index (κ1) is 10.9. The molecule has 1 aliphatic carbocycles. The van der Waals surface area contributed by atoms with Crippen LogP contribution in [0.5, 0.6) is 0 Å². The lowest BCUT2D eigenvalue weighted by Crippen LogP contribution is -2.39. The molecule has 1 rings (SSSR count). The van der Waals surface area contributed by atoms with Gasteiger partial charge in [-0.1, -0.05) is 20.8 Å². The first-order chi connectivity index (χ1) is 5.22. The molecule has 2 heteroatoms. The van der Waals surface area contributed by atoms with Gasteiger partial charge >= 0.3 is 0 Å². The fourth-order valence-corrected chi connectivity index (χ4v) is 1.37. The van der Waals surface area contributed by atoms with E-state index in [4.69, 9.17) is 5.73 Å². The fourth-order valence-electron chi connectivity index (χ4n) is 1.37. The van der Waals surface area contributed by atoms with Crippen LogP contribution < -0.4 is 5.73 Å². The molecule has 0 amide bonds. The SMILES string of the molecule is CC.CC1C(N)CCCC1O. The van der Waals surface area contributed by atoms with Crippen molar-refractivity contribution in [3.63, 3.8) is 0 Å². The molecule has 0 spiro atoms. The van der Waals surface area contributed by atoms with E-state index in [9.17, 15) is 5.11 Å². The molecule has 0 aromatic rings. The van der Waals surface area contributed by atoms with Crippen molar-refractivity contribution in [3.05, 3.63) is 0 Å². The van der Waals surface area contributed by atoms with Crippen molar-refractivity contribution >= 4 is 0 Å². The Morgan fingerprint density at radius 2 is 1.82 bits per heavy atom. The summed E-state index contributed by atoms with van der Waals surface area (Å²) < 4.78 is 0. The summed E-state index contributed by atoms with van der Waals surface area (Å²) in [6, 6.07) is 0.230. The second kappa shape index (κ2) is 5.56. The molecule has 3 atom stereocenters. The van der Waals surface area contributed by atoms with Crippen LogP contribution in [0.1, 0.15) is 40.0 Å². The van der Waals surface area contributed by atoms with E-state index in [1.807, 2.05) is 20.8 Å². The lowest BCUT2D eigenvalue weighted by molar-refractivity contribution is 0.0671. The summed E-state index contributed by atoms with van der Waals surface area (Å²) in [5.74, 6) is 0.304. The highest BCUT2D eigenvalue weighted by molar-refractivity contribution is 4.80. The Hall–Kier alpha value is -0.0800. The Kier molecular flexibility index (Phi) is 5.51. The number of hydrogen-bond acceptors (Lipinski definition) is 2. The Balaban J connectivity index is 0.000000461. The first-order valence-corrected chi connectivity index (χ1v) is 4.65. The molecule has 0 heterocycles. The summed E-state index contributed by atoms with van der Waals surface area (Å²) in [6.07, 6.45) is 2.97. The predicted octanol–water partition coefficient (Wildman–Crippen LogP) is 1.52. The van der Waals surface area contributed by atoms with Gasteiger partial charge in [0.15, 0.2) is 0 Å². The number of rotatable bonds is 0. The van der Waals surface area contributed by atoms with Gasteiger partial charge in [0.05, 0.1) is 6.10 Å². The molecule has 0 aliphatic heterocycles. The van der Waals surface area contributed by atoms with Gasteiger partial charge in [-0.25, -0.2) is 0 Å². The maximum Gasteiger partial charge on any atom is 0.0580 e. The van der Waals surface area contributed by atoms with Crippen LogP contribution in [0.3, 0.4) is 0 Å². The molecule has 2 nitrogen and oxygen atoms in total. The summed E-state index contributed by atoms with van der Waals surface area (Å²) >= 11 is 0. The third kappa shape index (κ3) is 3.21. The Morgan fingerprint density at radius 1 is 1.27 bits per heavy atom. The van der Waals surface area contributed by atoms with Crippen LogP contribution in [-0.2, 0) is 0 Å². The molecule has 0 saturated heterocycles. The molecule has 0 bridgehead atoms. The summed E-state index contributed by atoms with van der Waals surface area (Å²) in [4.78, 5) is 0. The monoisotopic (exact) mass is 159 g/mol. The molecule has 3 N–H and O–H groups in total. The summed E-state index contributed by atoms with van der Waals surface area (Å²) in [5, 5.41) is 9.27. The van der Waals surface area contributed by atoms with Crippen molar-refractivity contribution in [2.75, 3.05) is 0 Å². The fraction of sp³-hybridized carbons (Fsp3) is 1.00. The zero-order valence-corrected chi connectivity index (χ0v) is 7.88. The smallest absolute Gasteiger partial charge is 0.0580 e. The lowest BCUT2D eigenvalue weighted by Gasteiger charge is -2.29. The Morgan fingerprint density at radius 3 is 2.18 bits per heavy atom. The van der Waals surface area contributed by atoms with E-state index in [2.05, 4.69) is 0 Å². The molecule has 68 valence electrons. The van der Waals surface area contributed by atoms with Crippen LogP contribution >= 0.6 is 0 Å². The molecule has 0 aromatic carbocycles. The van der Waals surface area contributed by atoms with E-state index in [1.54, 1.807) is 0 Å². The van der Waals surface area contributed by atoms with E-state index in [-0.39, 0.29) is 12.1 Å². The summed E-state index contributed by atoms with van der Waals surface area (Å²) in [5.41, 5.74) is 5.71. The molecule has 11 heavy (non-hydrogen) atoms. The van der Waals surface area contributed by atoms with Gasteiger partial charge in [-0.3, -0.25) is 0 Å². The summed E-state index contributed by atoms with van der Waals surface area (Å²) in [6.45, 7) is 6.02. The topological polar surface area (TPSA) is 46.2 Å². The van der Waals surface area contributed by atoms with Crippen LogP contribution in [0.15, 0.2) is 0 Å². The average molecular weight is 159 g/mol. The predicted molar refractivity (Wildman–Crippen MR) is 48.3 cm³/mol. The minimum Gasteiger partial charge on any atom is -0.393 e. The van der Waals surface area contributed by atoms with Gasteiger partial charge in [0.2, 0.25) is 0 Å². The van der Waals surface area contributed by atoms with Crippen LogP contribution in [0, 0.1) is 5.92 Å². The van der Waals surface area contributed by atoms with Gasteiger partial charge in [0, 0.05) is 6.04 Å². The highest BCUT2D eigenvalue weighted by Crippen LogP contribution is 2.22. The Bertz CT molecular complexity index is 85.6. The maximum absolute atomic E-state index is 9.27. The zero-order chi connectivity index (χ0) is 8.85. The second-order valence-electron chi connectivity index (χ2n) is 3.02. The van der Waals surface area contributed by atoms with E-state index in [0.29, 0.717) is 5.92 Å². The van der Waals surface area contributed by atoms with Crippen LogP contribution in [0.2, 0.25) is 0 Å². The standard InChI is InChI=1S/C7H15NO.C2H6/c1-5-6(8)3-2-4-7(5)9;1-2/h5-7,9H,2-4,8H2,1H3;1-2H3. The first-order valence-electron chi connectivity index (χ1n) is 4.65. The minimum absolute atomic E-state index is 0.145. The van der Waals surface area contributed by atoms with Crippen molar-refractivity contribution in [1.82, 2.24) is 0 Å². The molecular formula is C9H21NO. The largest absolute Gasteiger partial charge is 0.393 e. The van der Waals surface area contributed by atoms with Crippen molar-refractivity contribution in [3.8, 4) is 0 Å². The molecule has 3 unspecified atom stereocenters. The van der Waals surface area contributed by atoms with Crippen molar-refractivity contribution in [2.24, 2.45) is 11.7 Å². The number of aliphatic hydroxyl groups is 1. The van der Waals surface area contributed by atoms with Crippen LogP contribution in [0.25, 0.3) is 0 Å². The highest BCUT2D eigenvalue weighted by Gasteiger charge is 2.24. The van der Waals surface area contributed by atoms with Crippen LogP contribution in [0.4, 0.5) is 0 Å². The van der Waals surface area contributed by atoms with Gasteiger partial charge < -0.3 is 10.8 Å². The van der Waals surface area contributed by atoms with Crippen molar-refractivity contribution in [2.45, 2.75) is 52.2 Å². The molecule has 1 aliphatic rings. The van der Waals surface area contributed by atoms with E-state index in [0.717, 1.165) is 19.3 Å². The van der Waals surface area contributed by atoms with Gasteiger partial charge in [-0.05, 0) is 25.2 Å². The van der Waals surface area contributed by atoms with Gasteiger partial charge in [-0.2, -0.15) is 0 Å².